The lowest BCUT2D eigenvalue weighted by molar-refractivity contribution is 0.103. The smallest absolute Gasteiger partial charge is 0.203 e. The minimum Gasteiger partial charge on any atom is -0.408 e. The molecule has 156 valence electrons. The SMILES string of the molecule is CCCc1nc2c(n1Cc1ccccc1)C(=O)C=CCC2O[Si](C)(C)C(C)(C)C. The van der Waals surface area contributed by atoms with Crippen LogP contribution >= 0.6 is 0 Å². The van der Waals surface area contributed by atoms with E-state index < -0.39 is 8.32 Å². The van der Waals surface area contributed by atoms with E-state index in [1.54, 1.807) is 6.08 Å². The molecule has 1 aliphatic carbocycles. The molecule has 0 saturated heterocycles. The van der Waals surface area contributed by atoms with E-state index in [1.807, 2.05) is 24.3 Å². The third-order valence-electron chi connectivity index (χ3n) is 6.13. The fourth-order valence-corrected chi connectivity index (χ4v) is 4.75. The lowest BCUT2D eigenvalue weighted by atomic mass is 10.1. The van der Waals surface area contributed by atoms with Gasteiger partial charge in [-0.05, 0) is 42.6 Å². The standard InChI is InChI=1S/C24H34N2O2Si/c1-7-12-21-25-22-20(28-29(5,6)24(2,3)4)16-11-15-19(27)23(22)26(21)17-18-13-9-8-10-14-18/h8-11,13-15,20H,7,12,16-17H2,1-6H3. The summed E-state index contributed by atoms with van der Waals surface area (Å²) in [5, 5.41) is 0.103. The number of imidazole rings is 1. The van der Waals surface area contributed by atoms with E-state index in [-0.39, 0.29) is 16.9 Å². The summed E-state index contributed by atoms with van der Waals surface area (Å²) in [7, 11) is -2.00. The Kier molecular flexibility index (Phi) is 6.29. The number of hydrogen-bond donors (Lipinski definition) is 0. The van der Waals surface area contributed by atoms with Crippen LogP contribution in [0.4, 0.5) is 0 Å². The van der Waals surface area contributed by atoms with Gasteiger partial charge in [-0.15, -0.1) is 0 Å². The van der Waals surface area contributed by atoms with Gasteiger partial charge in [-0.1, -0.05) is 64.1 Å². The second kappa shape index (κ2) is 8.40. The van der Waals surface area contributed by atoms with Crippen molar-refractivity contribution in [3.05, 3.63) is 65.3 Å². The lowest BCUT2D eigenvalue weighted by Gasteiger charge is -2.38. The zero-order valence-corrected chi connectivity index (χ0v) is 19.7. The van der Waals surface area contributed by atoms with Gasteiger partial charge in [-0.25, -0.2) is 4.98 Å². The van der Waals surface area contributed by atoms with Gasteiger partial charge in [0.15, 0.2) is 8.32 Å². The van der Waals surface area contributed by atoms with E-state index in [2.05, 4.69) is 57.5 Å². The quantitative estimate of drug-likeness (QED) is 0.541. The van der Waals surface area contributed by atoms with Crippen molar-refractivity contribution in [3.8, 4) is 0 Å². The summed E-state index contributed by atoms with van der Waals surface area (Å²) in [6, 6.07) is 10.3. The maximum atomic E-state index is 13.1. The normalized spacial score (nSPS) is 17.3. The number of allylic oxidation sites excluding steroid dienone is 1. The summed E-state index contributed by atoms with van der Waals surface area (Å²) >= 11 is 0. The molecule has 1 aromatic heterocycles. The number of carbonyl (C=O) groups is 1. The van der Waals surface area contributed by atoms with Gasteiger partial charge >= 0.3 is 0 Å². The maximum absolute atomic E-state index is 13.1. The van der Waals surface area contributed by atoms with Crippen LogP contribution in [-0.4, -0.2) is 23.7 Å². The van der Waals surface area contributed by atoms with Gasteiger partial charge in [0, 0.05) is 13.0 Å². The zero-order chi connectivity index (χ0) is 21.2. The molecule has 0 fully saturated rings. The Balaban J connectivity index is 2.07. The first-order valence-electron chi connectivity index (χ1n) is 10.7. The van der Waals surface area contributed by atoms with Gasteiger partial charge in [-0.2, -0.15) is 0 Å². The molecule has 0 radical (unpaired) electrons. The maximum Gasteiger partial charge on any atom is 0.203 e. The van der Waals surface area contributed by atoms with Crippen LogP contribution in [0.5, 0.6) is 0 Å². The minimum absolute atomic E-state index is 0.0344. The molecule has 0 spiro atoms. The Morgan fingerprint density at radius 3 is 2.52 bits per heavy atom. The third kappa shape index (κ3) is 4.62. The molecule has 1 unspecified atom stereocenters. The fraction of sp³-hybridized carbons (Fsp3) is 0.500. The van der Waals surface area contributed by atoms with Gasteiger partial charge in [0.2, 0.25) is 5.78 Å². The van der Waals surface area contributed by atoms with E-state index in [0.717, 1.165) is 24.4 Å². The second-order valence-corrected chi connectivity index (χ2v) is 14.2. The number of aromatic nitrogens is 2. The van der Waals surface area contributed by atoms with E-state index in [4.69, 9.17) is 9.41 Å². The molecule has 5 heteroatoms. The first-order valence-corrected chi connectivity index (χ1v) is 13.6. The van der Waals surface area contributed by atoms with E-state index in [0.29, 0.717) is 18.7 Å². The zero-order valence-electron chi connectivity index (χ0n) is 18.7. The molecule has 0 amide bonds. The summed E-state index contributed by atoms with van der Waals surface area (Å²) < 4.78 is 8.87. The number of rotatable bonds is 6. The molecular formula is C24H34N2O2Si. The number of carbonyl (C=O) groups excluding carboxylic acids is 1. The highest BCUT2D eigenvalue weighted by Gasteiger charge is 2.41. The van der Waals surface area contributed by atoms with Gasteiger partial charge in [-0.3, -0.25) is 4.79 Å². The highest BCUT2D eigenvalue weighted by atomic mass is 28.4. The summed E-state index contributed by atoms with van der Waals surface area (Å²) in [4.78, 5) is 18.0. The van der Waals surface area contributed by atoms with Crippen LogP contribution in [0.25, 0.3) is 0 Å². The molecule has 4 nitrogen and oxygen atoms in total. The molecule has 3 rings (SSSR count). The molecule has 29 heavy (non-hydrogen) atoms. The topological polar surface area (TPSA) is 44.1 Å². The Morgan fingerprint density at radius 1 is 1.21 bits per heavy atom. The van der Waals surface area contributed by atoms with Crippen LogP contribution in [0.2, 0.25) is 18.1 Å². The molecule has 0 bridgehead atoms. The average molecular weight is 411 g/mol. The van der Waals surface area contributed by atoms with Crippen LogP contribution in [0.1, 0.15) is 74.2 Å². The minimum atomic E-state index is -2.00. The predicted molar refractivity (Wildman–Crippen MR) is 121 cm³/mol. The molecule has 0 aliphatic heterocycles. The largest absolute Gasteiger partial charge is 0.408 e. The van der Waals surface area contributed by atoms with Crippen LogP contribution < -0.4 is 0 Å². The van der Waals surface area contributed by atoms with E-state index >= 15 is 0 Å². The van der Waals surface area contributed by atoms with Crippen molar-refractivity contribution in [3.63, 3.8) is 0 Å². The number of ketones is 1. The molecule has 0 N–H and O–H groups in total. The number of hydrogen-bond acceptors (Lipinski definition) is 3. The first-order chi connectivity index (χ1) is 13.6. The Bertz CT molecular complexity index is 892. The van der Waals surface area contributed by atoms with Gasteiger partial charge in [0.25, 0.3) is 0 Å². The average Bonchev–Trinajstić information content (AvgIpc) is 2.91. The number of aryl methyl sites for hydroxylation is 1. The summed E-state index contributed by atoms with van der Waals surface area (Å²) in [6.45, 7) is 14.1. The van der Waals surface area contributed by atoms with E-state index in [1.165, 1.54) is 5.56 Å². The summed E-state index contributed by atoms with van der Waals surface area (Å²) in [6.07, 6.45) is 6.02. The lowest BCUT2D eigenvalue weighted by Crippen LogP contribution is -2.42. The Labute approximate surface area is 176 Å². The molecular weight excluding hydrogens is 376 g/mol. The van der Waals surface area contributed by atoms with E-state index in [9.17, 15) is 4.79 Å². The van der Waals surface area contributed by atoms with Crippen molar-refractivity contribution in [1.82, 2.24) is 9.55 Å². The van der Waals surface area contributed by atoms with Crippen LogP contribution in [0.3, 0.4) is 0 Å². The van der Waals surface area contributed by atoms with Gasteiger partial charge < -0.3 is 8.99 Å². The molecule has 1 atom stereocenters. The number of nitrogens with zero attached hydrogens (tertiary/aromatic N) is 2. The second-order valence-electron chi connectivity index (χ2n) is 9.45. The van der Waals surface area contributed by atoms with Crippen LogP contribution in [0.15, 0.2) is 42.5 Å². The van der Waals surface area contributed by atoms with Crippen molar-refractivity contribution in [2.45, 2.75) is 77.7 Å². The van der Waals surface area contributed by atoms with Gasteiger partial charge in [0.1, 0.15) is 11.5 Å². The van der Waals surface area contributed by atoms with Crippen molar-refractivity contribution >= 4 is 14.1 Å². The Morgan fingerprint density at radius 2 is 1.90 bits per heavy atom. The Hall–Kier alpha value is -1.98. The first kappa shape index (κ1) is 21.7. The van der Waals surface area contributed by atoms with Crippen molar-refractivity contribution in [1.29, 1.82) is 0 Å². The molecule has 1 aliphatic rings. The summed E-state index contributed by atoms with van der Waals surface area (Å²) in [5.41, 5.74) is 2.70. The summed E-state index contributed by atoms with van der Waals surface area (Å²) in [5.74, 6) is 1.01. The molecule has 1 aromatic carbocycles. The molecule has 1 heterocycles. The van der Waals surface area contributed by atoms with Crippen molar-refractivity contribution < 1.29 is 9.22 Å². The highest BCUT2D eigenvalue weighted by Crippen LogP contribution is 2.41. The number of benzene rings is 1. The van der Waals surface area contributed by atoms with Crippen molar-refractivity contribution in [2.24, 2.45) is 0 Å². The third-order valence-corrected chi connectivity index (χ3v) is 10.6. The monoisotopic (exact) mass is 410 g/mol. The predicted octanol–water partition coefficient (Wildman–Crippen LogP) is 6.09. The van der Waals surface area contributed by atoms with Crippen LogP contribution in [0, 0.1) is 0 Å². The molecule has 0 saturated carbocycles. The fourth-order valence-electron chi connectivity index (χ4n) is 3.48. The van der Waals surface area contributed by atoms with Crippen molar-refractivity contribution in [2.75, 3.05) is 0 Å². The highest BCUT2D eigenvalue weighted by molar-refractivity contribution is 6.74. The number of fused-ring (bicyclic) bond motifs is 1. The van der Waals surface area contributed by atoms with Gasteiger partial charge in [0.05, 0.1) is 11.8 Å². The molecule has 2 aromatic rings. The van der Waals surface area contributed by atoms with Crippen LogP contribution in [-0.2, 0) is 17.4 Å².